The second-order valence-corrected chi connectivity index (χ2v) is 4.53. The lowest BCUT2D eigenvalue weighted by Gasteiger charge is -2.02. The fourth-order valence-electron chi connectivity index (χ4n) is 2.22. The van der Waals surface area contributed by atoms with Gasteiger partial charge in [-0.05, 0) is 17.7 Å². The van der Waals surface area contributed by atoms with E-state index >= 15 is 0 Å². The Morgan fingerprint density at radius 3 is 2.53 bits per heavy atom. The van der Waals surface area contributed by atoms with Crippen LogP contribution in [0.1, 0.15) is 15.9 Å². The van der Waals surface area contributed by atoms with Gasteiger partial charge in [-0.15, -0.1) is 0 Å². The number of rotatable bonds is 1. The minimum Gasteiger partial charge on any atom is -0.289 e. The molecule has 0 aromatic heterocycles. The van der Waals surface area contributed by atoms with Gasteiger partial charge in [0.25, 0.3) is 5.69 Å². The molecule has 3 rings (SSSR count). The van der Waals surface area contributed by atoms with E-state index in [1.807, 2.05) is 0 Å². The Morgan fingerprint density at radius 2 is 1.84 bits per heavy atom. The maximum atomic E-state index is 13.2. The molecule has 2 aromatic carbocycles. The Labute approximate surface area is 111 Å². The molecule has 0 N–H and O–H groups in total. The standard InChI is InChI=1S/C13H5ClFNO3/c14-11-5-7(16(18)19)4-10-12(11)8-2-1-6(15)3-9(8)13(10)17/h1-5H. The number of hydrogen-bond donors (Lipinski definition) is 0. The van der Waals surface area contributed by atoms with Gasteiger partial charge in [-0.1, -0.05) is 17.7 Å². The highest BCUT2D eigenvalue weighted by atomic mass is 35.5. The van der Waals surface area contributed by atoms with Crippen molar-refractivity contribution in [3.63, 3.8) is 0 Å². The number of nitrogens with zero attached hydrogens (tertiary/aromatic N) is 1. The summed E-state index contributed by atoms with van der Waals surface area (Å²) >= 11 is 6.00. The number of non-ortho nitro benzene ring substituents is 1. The molecular weight excluding hydrogens is 273 g/mol. The lowest BCUT2D eigenvalue weighted by Crippen LogP contribution is -1.97. The first kappa shape index (κ1) is 11.8. The van der Waals surface area contributed by atoms with Crippen LogP contribution in [-0.2, 0) is 0 Å². The quantitative estimate of drug-likeness (QED) is 0.504. The normalized spacial score (nSPS) is 12.2. The molecule has 94 valence electrons. The fourth-order valence-corrected chi connectivity index (χ4v) is 2.53. The zero-order chi connectivity index (χ0) is 13.7. The van der Waals surface area contributed by atoms with Gasteiger partial charge in [0.2, 0.25) is 0 Å². The molecule has 0 radical (unpaired) electrons. The zero-order valence-electron chi connectivity index (χ0n) is 9.31. The molecule has 0 saturated heterocycles. The first-order valence-corrected chi connectivity index (χ1v) is 5.69. The molecule has 0 bridgehead atoms. The minimum absolute atomic E-state index is 0.114. The molecule has 0 heterocycles. The number of ketones is 1. The number of halogens is 2. The van der Waals surface area contributed by atoms with Crippen LogP contribution >= 0.6 is 11.6 Å². The van der Waals surface area contributed by atoms with Gasteiger partial charge in [-0.2, -0.15) is 0 Å². The SMILES string of the molecule is O=C1c2cc(F)ccc2-c2c(Cl)cc([N+](=O)[O-])cc21. The van der Waals surface area contributed by atoms with Crippen molar-refractivity contribution in [3.05, 3.63) is 62.4 Å². The lowest BCUT2D eigenvalue weighted by atomic mass is 10.1. The van der Waals surface area contributed by atoms with Gasteiger partial charge >= 0.3 is 0 Å². The summed E-state index contributed by atoms with van der Waals surface area (Å²) in [6.45, 7) is 0. The molecule has 1 aliphatic carbocycles. The molecule has 0 atom stereocenters. The van der Waals surface area contributed by atoms with Gasteiger partial charge in [0.1, 0.15) is 5.82 Å². The van der Waals surface area contributed by atoms with Crippen molar-refractivity contribution < 1.29 is 14.1 Å². The topological polar surface area (TPSA) is 60.2 Å². The summed E-state index contributed by atoms with van der Waals surface area (Å²) in [6.07, 6.45) is 0. The number of benzene rings is 2. The highest BCUT2D eigenvalue weighted by Crippen LogP contribution is 2.43. The maximum absolute atomic E-state index is 13.2. The van der Waals surface area contributed by atoms with Crippen molar-refractivity contribution in [2.24, 2.45) is 0 Å². The fraction of sp³-hybridized carbons (Fsp3) is 0. The Bertz CT molecular complexity index is 758. The van der Waals surface area contributed by atoms with Crippen LogP contribution < -0.4 is 0 Å². The number of carbonyl (C=O) groups is 1. The van der Waals surface area contributed by atoms with Crippen LogP contribution in [0.2, 0.25) is 5.02 Å². The molecule has 6 heteroatoms. The molecular formula is C13H5ClFNO3. The van der Waals surface area contributed by atoms with E-state index in [-0.39, 0.29) is 21.8 Å². The van der Waals surface area contributed by atoms with Crippen LogP contribution in [0.25, 0.3) is 11.1 Å². The van der Waals surface area contributed by atoms with Crippen molar-refractivity contribution in [3.8, 4) is 11.1 Å². The molecule has 0 amide bonds. The summed E-state index contributed by atoms with van der Waals surface area (Å²) in [7, 11) is 0. The summed E-state index contributed by atoms with van der Waals surface area (Å²) in [5.74, 6) is -0.986. The average Bonchev–Trinajstić information content (AvgIpc) is 2.63. The average molecular weight is 278 g/mol. The summed E-state index contributed by atoms with van der Waals surface area (Å²) < 4.78 is 13.2. The Balaban J connectivity index is 2.33. The number of fused-ring (bicyclic) bond motifs is 3. The molecule has 4 nitrogen and oxygen atoms in total. The van der Waals surface area contributed by atoms with Gasteiger partial charge in [0.15, 0.2) is 5.78 Å². The third-order valence-electron chi connectivity index (χ3n) is 3.03. The predicted octanol–water partition coefficient (Wildman–Crippen LogP) is 3.60. The van der Waals surface area contributed by atoms with Crippen LogP contribution in [0.5, 0.6) is 0 Å². The first-order chi connectivity index (χ1) is 8.99. The Kier molecular flexibility index (Phi) is 2.40. The highest BCUT2D eigenvalue weighted by Gasteiger charge is 2.31. The molecule has 0 fully saturated rings. The van der Waals surface area contributed by atoms with Crippen molar-refractivity contribution >= 4 is 23.1 Å². The van der Waals surface area contributed by atoms with Gasteiger partial charge in [0, 0.05) is 28.8 Å². The van der Waals surface area contributed by atoms with Crippen molar-refractivity contribution in [2.75, 3.05) is 0 Å². The van der Waals surface area contributed by atoms with Crippen molar-refractivity contribution in [1.29, 1.82) is 0 Å². The molecule has 1 aliphatic rings. The molecule has 0 spiro atoms. The number of nitro benzene ring substituents is 1. The third kappa shape index (κ3) is 1.62. The van der Waals surface area contributed by atoms with E-state index in [2.05, 4.69) is 0 Å². The first-order valence-electron chi connectivity index (χ1n) is 5.31. The molecule has 19 heavy (non-hydrogen) atoms. The van der Waals surface area contributed by atoms with Crippen LogP contribution in [0.3, 0.4) is 0 Å². The second kappa shape index (κ2) is 3.86. The molecule has 0 unspecified atom stereocenters. The van der Waals surface area contributed by atoms with Crippen molar-refractivity contribution in [1.82, 2.24) is 0 Å². The number of nitro groups is 1. The minimum atomic E-state index is -0.622. The van der Waals surface area contributed by atoms with E-state index in [1.54, 1.807) is 0 Å². The van der Waals surface area contributed by atoms with E-state index < -0.39 is 16.5 Å². The van der Waals surface area contributed by atoms with E-state index in [0.717, 1.165) is 6.07 Å². The van der Waals surface area contributed by atoms with Crippen molar-refractivity contribution in [2.45, 2.75) is 0 Å². The predicted molar refractivity (Wildman–Crippen MR) is 66.9 cm³/mol. The van der Waals surface area contributed by atoms with E-state index in [4.69, 9.17) is 11.6 Å². The van der Waals surface area contributed by atoms with Crippen LogP contribution in [-0.4, -0.2) is 10.7 Å². The largest absolute Gasteiger partial charge is 0.289 e. The smallest absolute Gasteiger partial charge is 0.271 e. The van der Waals surface area contributed by atoms with Gasteiger partial charge in [-0.3, -0.25) is 14.9 Å². The summed E-state index contributed by atoms with van der Waals surface area (Å²) in [6, 6.07) is 6.14. The Hall–Kier alpha value is -2.27. The summed E-state index contributed by atoms with van der Waals surface area (Å²) in [4.78, 5) is 22.3. The van der Waals surface area contributed by atoms with E-state index in [1.165, 1.54) is 24.3 Å². The maximum Gasteiger partial charge on any atom is 0.271 e. The van der Waals surface area contributed by atoms with Gasteiger partial charge in [0.05, 0.1) is 9.95 Å². The van der Waals surface area contributed by atoms with Crippen LogP contribution in [0.15, 0.2) is 30.3 Å². The third-order valence-corrected chi connectivity index (χ3v) is 3.32. The molecule has 0 saturated carbocycles. The zero-order valence-corrected chi connectivity index (χ0v) is 10.1. The second-order valence-electron chi connectivity index (χ2n) is 4.13. The van der Waals surface area contributed by atoms with Gasteiger partial charge in [-0.25, -0.2) is 4.39 Å². The Morgan fingerprint density at radius 1 is 1.11 bits per heavy atom. The van der Waals surface area contributed by atoms with Crippen LogP contribution in [0.4, 0.5) is 10.1 Å². The summed E-state index contributed by atoms with van der Waals surface area (Å²) in [5, 5.41) is 10.9. The van der Waals surface area contributed by atoms with Gasteiger partial charge < -0.3 is 0 Å². The summed E-state index contributed by atoms with van der Waals surface area (Å²) in [5.41, 5.74) is 0.983. The molecule has 2 aromatic rings. The van der Waals surface area contributed by atoms with E-state index in [0.29, 0.717) is 11.1 Å². The highest BCUT2D eigenvalue weighted by molar-refractivity contribution is 6.37. The molecule has 0 aliphatic heterocycles. The monoisotopic (exact) mass is 277 g/mol. The van der Waals surface area contributed by atoms with E-state index in [9.17, 15) is 19.3 Å². The lowest BCUT2D eigenvalue weighted by molar-refractivity contribution is -0.384. The van der Waals surface area contributed by atoms with Crippen LogP contribution in [0, 0.1) is 15.9 Å². The number of carbonyl (C=O) groups excluding carboxylic acids is 1. The number of hydrogen-bond acceptors (Lipinski definition) is 3.